The molecule has 1 heterocycles. The molecule has 6 heteroatoms. The molecule has 0 aliphatic carbocycles. The molecule has 1 amide bonds. The molecule has 1 aromatic heterocycles. The van der Waals surface area contributed by atoms with Crippen molar-refractivity contribution in [3.63, 3.8) is 0 Å². The van der Waals surface area contributed by atoms with E-state index in [9.17, 15) is 4.79 Å². The van der Waals surface area contributed by atoms with Crippen LogP contribution in [0.4, 0.5) is 0 Å². The average Bonchev–Trinajstić information content (AvgIpc) is 3.02. The number of amides is 1. The van der Waals surface area contributed by atoms with Crippen molar-refractivity contribution in [1.29, 1.82) is 0 Å². The van der Waals surface area contributed by atoms with Crippen molar-refractivity contribution in [2.24, 2.45) is 0 Å². The summed E-state index contributed by atoms with van der Waals surface area (Å²) in [5.41, 5.74) is 1.83. The molecule has 1 N–H and O–H groups in total. The van der Waals surface area contributed by atoms with Gasteiger partial charge in [0.1, 0.15) is 18.1 Å². The molecule has 5 nitrogen and oxygen atoms in total. The number of hydrogen-bond donors (Lipinski definition) is 1. The zero-order valence-corrected chi connectivity index (χ0v) is 15.3. The molecule has 1 unspecified atom stereocenters. The van der Waals surface area contributed by atoms with Gasteiger partial charge in [-0.25, -0.2) is 0 Å². The summed E-state index contributed by atoms with van der Waals surface area (Å²) in [4.78, 5) is 12.6. The van der Waals surface area contributed by atoms with Crippen molar-refractivity contribution in [2.75, 3.05) is 0 Å². The number of carbonyl (C=O) groups excluding carboxylic acids is 1. The Morgan fingerprint density at radius 3 is 2.62 bits per heavy atom. The van der Waals surface area contributed by atoms with E-state index in [1.165, 1.54) is 0 Å². The van der Waals surface area contributed by atoms with Crippen molar-refractivity contribution in [1.82, 2.24) is 10.5 Å². The molecule has 0 fully saturated rings. The Bertz CT molecular complexity index is 893. The highest BCUT2D eigenvalue weighted by Gasteiger charge is 2.22. The molecule has 3 rings (SSSR count). The Kier molecular flexibility index (Phi) is 5.58. The van der Waals surface area contributed by atoms with Gasteiger partial charge >= 0.3 is 0 Å². The third kappa shape index (κ3) is 4.06. The summed E-state index contributed by atoms with van der Waals surface area (Å²) in [7, 11) is 0. The number of benzene rings is 2. The number of para-hydroxylation sites is 1. The van der Waals surface area contributed by atoms with Gasteiger partial charge in [-0.3, -0.25) is 4.79 Å². The van der Waals surface area contributed by atoms with Gasteiger partial charge in [0.05, 0.1) is 16.6 Å². The molecule has 0 bridgehead atoms. The van der Waals surface area contributed by atoms with E-state index in [0.717, 1.165) is 5.56 Å². The molecule has 0 aliphatic rings. The van der Waals surface area contributed by atoms with Crippen LogP contribution < -0.4 is 10.1 Å². The maximum Gasteiger partial charge on any atom is 0.274 e. The summed E-state index contributed by atoms with van der Waals surface area (Å²) in [6.07, 6.45) is 0. The lowest BCUT2D eigenvalue weighted by molar-refractivity contribution is 0.0928. The lowest BCUT2D eigenvalue weighted by Gasteiger charge is -2.14. The van der Waals surface area contributed by atoms with Crippen LogP contribution in [0.5, 0.6) is 5.75 Å². The van der Waals surface area contributed by atoms with Crippen molar-refractivity contribution in [2.45, 2.75) is 26.5 Å². The SMILES string of the molecule is Cc1onc(C(=O)NC(C)c2ccccc2)c1COc1ccccc1Cl. The Balaban J connectivity index is 1.72. The summed E-state index contributed by atoms with van der Waals surface area (Å²) >= 11 is 6.10. The Morgan fingerprint density at radius 2 is 1.88 bits per heavy atom. The number of ether oxygens (including phenoxy) is 1. The molecule has 0 spiro atoms. The van der Waals surface area contributed by atoms with Crippen LogP contribution >= 0.6 is 11.6 Å². The standard InChI is InChI=1S/C20H19ClN2O3/c1-13(15-8-4-3-5-9-15)22-20(24)19-16(14(2)26-23-19)12-25-18-11-7-6-10-17(18)21/h3-11,13H,12H2,1-2H3,(H,22,24). The molecule has 0 radical (unpaired) electrons. The summed E-state index contributed by atoms with van der Waals surface area (Å²) < 4.78 is 10.9. The Labute approximate surface area is 156 Å². The third-order valence-electron chi connectivity index (χ3n) is 4.06. The highest BCUT2D eigenvalue weighted by atomic mass is 35.5. The van der Waals surface area contributed by atoms with Crippen LogP contribution in [0, 0.1) is 6.92 Å². The van der Waals surface area contributed by atoms with Crippen LogP contribution in [0.15, 0.2) is 59.1 Å². The Morgan fingerprint density at radius 1 is 1.19 bits per heavy atom. The summed E-state index contributed by atoms with van der Waals surface area (Å²) in [6.45, 7) is 3.80. The van der Waals surface area contributed by atoms with Gasteiger partial charge in [0.15, 0.2) is 5.69 Å². The highest BCUT2D eigenvalue weighted by Crippen LogP contribution is 2.25. The van der Waals surface area contributed by atoms with Crippen LogP contribution in [0.2, 0.25) is 5.02 Å². The van der Waals surface area contributed by atoms with Gasteiger partial charge in [-0.2, -0.15) is 0 Å². The number of nitrogens with one attached hydrogen (secondary N) is 1. The van der Waals surface area contributed by atoms with Gasteiger partial charge in [-0.15, -0.1) is 0 Å². The molecule has 0 aliphatic heterocycles. The predicted molar refractivity (Wildman–Crippen MR) is 99.3 cm³/mol. The third-order valence-corrected chi connectivity index (χ3v) is 4.37. The van der Waals surface area contributed by atoms with E-state index in [-0.39, 0.29) is 24.2 Å². The lowest BCUT2D eigenvalue weighted by Crippen LogP contribution is -2.28. The van der Waals surface area contributed by atoms with Gasteiger partial charge in [0, 0.05) is 0 Å². The van der Waals surface area contributed by atoms with Crippen molar-refractivity contribution in [3.05, 3.63) is 82.2 Å². The number of aromatic nitrogens is 1. The molecule has 2 aromatic carbocycles. The van der Waals surface area contributed by atoms with Gasteiger partial charge in [-0.05, 0) is 31.5 Å². The largest absolute Gasteiger partial charge is 0.487 e. The van der Waals surface area contributed by atoms with Crippen LogP contribution in [0.1, 0.15) is 40.3 Å². The minimum Gasteiger partial charge on any atom is -0.487 e. The van der Waals surface area contributed by atoms with Gasteiger partial charge in [-0.1, -0.05) is 59.2 Å². The normalized spacial score (nSPS) is 11.8. The van der Waals surface area contributed by atoms with Gasteiger partial charge in [0.25, 0.3) is 5.91 Å². The first kappa shape index (κ1) is 18.0. The maximum absolute atomic E-state index is 12.6. The van der Waals surface area contributed by atoms with Crippen molar-refractivity contribution in [3.8, 4) is 5.75 Å². The number of rotatable bonds is 6. The smallest absolute Gasteiger partial charge is 0.274 e. The van der Waals surface area contributed by atoms with Crippen molar-refractivity contribution >= 4 is 17.5 Å². The van der Waals surface area contributed by atoms with E-state index in [2.05, 4.69) is 10.5 Å². The molecular weight excluding hydrogens is 352 g/mol. The van der Waals surface area contributed by atoms with E-state index in [1.807, 2.05) is 49.4 Å². The van der Waals surface area contributed by atoms with Crippen molar-refractivity contribution < 1.29 is 14.1 Å². The molecule has 134 valence electrons. The van der Waals surface area contributed by atoms with E-state index in [4.69, 9.17) is 20.9 Å². The minimum absolute atomic E-state index is 0.140. The maximum atomic E-state index is 12.6. The number of halogens is 1. The van der Waals surface area contributed by atoms with Crippen LogP contribution in [-0.4, -0.2) is 11.1 Å². The first-order valence-corrected chi connectivity index (χ1v) is 8.62. The fraction of sp³-hybridized carbons (Fsp3) is 0.200. The molecule has 1 atom stereocenters. The number of nitrogens with zero attached hydrogens (tertiary/aromatic N) is 1. The number of carbonyl (C=O) groups is 1. The molecular formula is C20H19ClN2O3. The predicted octanol–water partition coefficient (Wildman–Crippen LogP) is 4.71. The van der Waals surface area contributed by atoms with E-state index < -0.39 is 0 Å². The fourth-order valence-electron chi connectivity index (χ4n) is 2.54. The van der Waals surface area contributed by atoms with Crippen LogP contribution in [-0.2, 0) is 6.61 Å². The molecule has 0 saturated heterocycles. The first-order chi connectivity index (χ1) is 12.6. The first-order valence-electron chi connectivity index (χ1n) is 8.24. The quantitative estimate of drug-likeness (QED) is 0.682. The number of hydrogen-bond acceptors (Lipinski definition) is 4. The van der Waals surface area contributed by atoms with Crippen LogP contribution in [0.25, 0.3) is 0 Å². The van der Waals surface area contributed by atoms with E-state index >= 15 is 0 Å². The second kappa shape index (κ2) is 8.06. The fourth-order valence-corrected chi connectivity index (χ4v) is 2.73. The highest BCUT2D eigenvalue weighted by molar-refractivity contribution is 6.32. The Hall–Kier alpha value is -2.79. The van der Waals surface area contributed by atoms with E-state index in [0.29, 0.717) is 22.1 Å². The van der Waals surface area contributed by atoms with E-state index in [1.54, 1.807) is 19.1 Å². The van der Waals surface area contributed by atoms with Gasteiger partial charge in [0.2, 0.25) is 0 Å². The zero-order chi connectivity index (χ0) is 18.5. The molecule has 0 saturated carbocycles. The van der Waals surface area contributed by atoms with Gasteiger partial charge < -0.3 is 14.6 Å². The number of aryl methyl sites for hydroxylation is 1. The lowest BCUT2D eigenvalue weighted by atomic mass is 10.1. The monoisotopic (exact) mass is 370 g/mol. The zero-order valence-electron chi connectivity index (χ0n) is 14.5. The second-order valence-corrected chi connectivity index (χ2v) is 6.30. The van der Waals surface area contributed by atoms with Crippen LogP contribution in [0.3, 0.4) is 0 Å². The summed E-state index contributed by atoms with van der Waals surface area (Å²) in [5, 5.41) is 7.33. The minimum atomic E-state index is -0.309. The molecule has 26 heavy (non-hydrogen) atoms. The second-order valence-electron chi connectivity index (χ2n) is 5.89. The summed E-state index contributed by atoms with van der Waals surface area (Å²) in [6, 6.07) is 16.7. The average molecular weight is 371 g/mol. The topological polar surface area (TPSA) is 64.4 Å². The summed E-state index contributed by atoms with van der Waals surface area (Å²) in [5.74, 6) is 0.768. The molecule has 3 aromatic rings.